The topological polar surface area (TPSA) is 27.0 Å². The molecule has 0 saturated heterocycles. The summed E-state index contributed by atoms with van der Waals surface area (Å²) in [5, 5.41) is 9.44. The largest absolute Gasteiger partial charge is 0.340 e. The summed E-state index contributed by atoms with van der Waals surface area (Å²) >= 11 is 5.87. The molecule has 0 radical (unpaired) electrons. The van der Waals surface area contributed by atoms with Crippen LogP contribution in [0.5, 0.6) is 0 Å². The number of hydrogen-bond acceptors (Lipinski definition) is 2. The summed E-state index contributed by atoms with van der Waals surface area (Å²) < 4.78 is 0. The van der Waals surface area contributed by atoms with Crippen molar-refractivity contribution in [1.82, 2.24) is 0 Å². The quantitative estimate of drug-likeness (QED) is 0.682. The van der Waals surface area contributed by atoms with E-state index in [1.165, 1.54) is 0 Å². The highest BCUT2D eigenvalue weighted by Crippen LogP contribution is 2.29. The Bertz CT molecular complexity index is 617. The Labute approximate surface area is 131 Å². The predicted octanol–water partition coefficient (Wildman–Crippen LogP) is 5.24. The molecule has 0 fully saturated rings. The molecule has 21 heavy (non-hydrogen) atoms. The molecular formula is C18H19ClN2. The average Bonchev–Trinajstić information content (AvgIpc) is 2.56. The van der Waals surface area contributed by atoms with Crippen LogP contribution in [-0.4, -0.2) is 6.54 Å². The van der Waals surface area contributed by atoms with Crippen LogP contribution in [0.1, 0.15) is 30.9 Å². The van der Waals surface area contributed by atoms with E-state index in [1.807, 2.05) is 36.4 Å². The monoisotopic (exact) mass is 298 g/mol. The second-order valence-corrected chi connectivity index (χ2v) is 5.20. The number of halogens is 1. The van der Waals surface area contributed by atoms with E-state index in [0.717, 1.165) is 36.3 Å². The molecule has 0 bridgehead atoms. The van der Waals surface area contributed by atoms with Gasteiger partial charge in [0.25, 0.3) is 0 Å². The molecule has 0 aromatic heterocycles. The van der Waals surface area contributed by atoms with Crippen molar-refractivity contribution in [2.24, 2.45) is 0 Å². The summed E-state index contributed by atoms with van der Waals surface area (Å²) in [5.74, 6) is 0.426. The Morgan fingerprint density at radius 1 is 1.14 bits per heavy atom. The van der Waals surface area contributed by atoms with E-state index in [-0.39, 0.29) is 0 Å². The van der Waals surface area contributed by atoms with Crippen LogP contribution in [0.15, 0.2) is 48.5 Å². The third-order valence-corrected chi connectivity index (χ3v) is 3.74. The van der Waals surface area contributed by atoms with Gasteiger partial charge in [0.15, 0.2) is 0 Å². The molecule has 0 saturated carbocycles. The zero-order valence-corrected chi connectivity index (χ0v) is 13.0. The average molecular weight is 299 g/mol. The number of benzene rings is 2. The molecule has 2 aromatic rings. The predicted molar refractivity (Wildman–Crippen MR) is 89.1 cm³/mol. The zero-order valence-electron chi connectivity index (χ0n) is 12.2. The number of rotatable bonds is 6. The SMILES string of the molecule is CCCCN(c1ccccc1)c1ccc(CCl)cc1C#N. The van der Waals surface area contributed by atoms with E-state index in [9.17, 15) is 5.26 Å². The number of para-hydroxylation sites is 1. The third-order valence-electron chi connectivity index (χ3n) is 3.43. The maximum atomic E-state index is 9.44. The number of nitrogens with zero attached hydrogens (tertiary/aromatic N) is 2. The molecule has 0 amide bonds. The normalized spacial score (nSPS) is 10.1. The van der Waals surface area contributed by atoms with Gasteiger partial charge in [0, 0.05) is 18.1 Å². The lowest BCUT2D eigenvalue weighted by molar-refractivity contribution is 0.785. The molecule has 0 aliphatic carbocycles. The van der Waals surface area contributed by atoms with Gasteiger partial charge in [-0.1, -0.05) is 37.6 Å². The van der Waals surface area contributed by atoms with Crippen molar-refractivity contribution in [2.75, 3.05) is 11.4 Å². The van der Waals surface area contributed by atoms with E-state index in [0.29, 0.717) is 11.4 Å². The summed E-state index contributed by atoms with van der Waals surface area (Å²) in [6.07, 6.45) is 2.20. The molecule has 2 rings (SSSR count). The first-order valence-electron chi connectivity index (χ1n) is 7.21. The highest BCUT2D eigenvalue weighted by Gasteiger charge is 2.13. The molecule has 108 valence electrons. The van der Waals surface area contributed by atoms with Crippen molar-refractivity contribution in [2.45, 2.75) is 25.6 Å². The first-order chi connectivity index (χ1) is 10.3. The van der Waals surface area contributed by atoms with Crippen LogP contribution in [0.4, 0.5) is 11.4 Å². The minimum Gasteiger partial charge on any atom is -0.340 e. The molecule has 2 aromatic carbocycles. The molecular weight excluding hydrogens is 280 g/mol. The lowest BCUT2D eigenvalue weighted by Gasteiger charge is -2.26. The second-order valence-electron chi connectivity index (χ2n) is 4.94. The lowest BCUT2D eigenvalue weighted by atomic mass is 10.1. The molecule has 0 atom stereocenters. The fraction of sp³-hybridized carbons (Fsp3) is 0.278. The molecule has 3 heteroatoms. The van der Waals surface area contributed by atoms with Gasteiger partial charge < -0.3 is 4.90 Å². The van der Waals surface area contributed by atoms with Gasteiger partial charge in [-0.25, -0.2) is 0 Å². The number of anilines is 2. The van der Waals surface area contributed by atoms with Gasteiger partial charge in [0.2, 0.25) is 0 Å². The maximum Gasteiger partial charge on any atom is 0.101 e. The number of alkyl halides is 1. The van der Waals surface area contributed by atoms with Crippen LogP contribution in [-0.2, 0) is 5.88 Å². The van der Waals surface area contributed by atoms with E-state index < -0.39 is 0 Å². The lowest BCUT2D eigenvalue weighted by Crippen LogP contribution is -2.19. The summed E-state index contributed by atoms with van der Waals surface area (Å²) in [5.41, 5.74) is 3.71. The summed E-state index contributed by atoms with van der Waals surface area (Å²) in [4.78, 5) is 2.21. The van der Waals surface area contributed by atoms with Gasteiger partial charge in [0.1, 0.15) is 6.07 Å². The minimum atomic E-state index is 0.426. The maximum absolute atomic E-state index is 9.44. The van der Waals surface area contributed by atoms with E-state index in [2.05, 4.69) is 30.0 Å². The summed E-state index contributed by atoms with van der Waals surface area (Å²) in [6, 6.07) is 18.4. The zero-order chi connectivity index (χ0) is 15.1. The molecule has 0 N–H and O–H groups in total. The third kappa shape index (κ3) is 3.77. The van der Waals surface area contributed by atoms with E-state index >= 15 is 0 Å². The summed E-state index contributed by atoms with van der Waals surface area (Å²) in [6.45, 7) is 3.07. The van der Waals surface area contributed by atoms with Gasteiger partial charge >= 0.3 is 0 Å². The minimum absolute atomic E-state index is 0.426. The molecule has 0 heterocycles. The van der Waals surface area contributed by atoms with Crippen molar-refractivity contribution in [1.29, 1.82) is 5.26 Å². The van der Waals surface area contributed by atoms with Gasteiger partial charge in [-0.3, -0.25) is 0 Å². The Morgan fingerprint density at radius 2 is 1.90 bits per heavy atom. The van der Waals surface area contributed by atoms with Crippen molar-refractivity contribution in [3.05, 3.63) is 59.7 Å². The fourth-order valence-electron chi connectivity index (χ4n) is 2.30. The first kappa shape index (κ1) is 15.4. The Balaban J connectivity index is 2.44. The second kappa shape index (κ2) is 7.71. The number of nitriles is 1. The molecule has 0 aliphatic rings. The van der Waals surface area contributed by atoms with Gasteiger partial charge in [-0.15, -0.1) is 11.6 Å². The highest BCUT2D eigenvalue weighted by atomic mass is 35.5. The van der Waals surface area contributed by atoms with Crippen LogP contribution < -0.4 is 4.90 Å². The number of hydrogen-bond donors (Lipinski definition) is 0. The standard InChI is InChI=1S/C18H19ClN2/c1-2-3-11-21(17-7-5-4-6-8-17)18-10-9-15(13-19)12-16(18)14-20/h4-10,12H,2-3,11,13H2,1H3. The van der Waals surface area contributed by atoms with E-state index in [4.69, 9.17) is 11.6 Å². The van der Waals surface area contributed by atoms with Crippen molar-refractivity contribution >= 4 is 23.0 Å². The Morgan fingerprint density at radius 3 is 2.52 bits per heavy atom. The first-order valence-corrected chi connectivity index (χ1v) is 7.75. The van der Waals surface area contributed by atoms with Crippen LogP contribution in [0.3, 0.4) is 0 Å². The molecule has 0 unspecified atom stereocenters. The smallest absolute Gasteiger partial charge is 0.101 e. The molecule has 2 nitrogen and oxygen atoms in total. The van der Waals surface area contributed by atoms with E-state index in [1.54, 1.807) is 0 Å². The highest BCUT2D eigenvalue weighted by molar-refractivity contribution is 6.17. The summed E-state index contributed by atoms with van der Waals surface area (Å²) in [7, 11) is 0. The van der Waals surface area contributed by atoms with Crippen molar-refractivity contribution in [3.8, 4) is 6.07 Å². The van der Waals surface area contributed by atoms with Crippen LogP contribution in [0.2, 0.25) is 0 Å². The Hall–Kier alpha value is -1.98. The van der Waals surface area contributed by atoms with Crippen LogP contribution in [0.25, 0.3) is 0 Å². The van der Waals surface area contributed by atoms with Crippen LogP contribution >= 0.6 is 11.6 Å². The van der Waals surface area contributed by atoms with Gasteiger partial charge in [0.05, 0.1) is 11.3 Å². The van der Waals surface area contributed by atoms with Crippen molar-refractivity contribution < 1.29 is 0 Å². The number of unbranched alkanes of at least 4 members (excludes halogenated alkanes) is 1. The molecule has 0 spiro atoms. The van der Waals surface area contributed by atoms with Gasteiger partial charge in [-0.2, -0.15) is 5.26 Å². The van der Waals surface area contributed by atoms with Crippen molar-refractivity contribution in [3.63, 3.8) is 0 Å². The fourth-order valence-corrected chi connectivity index (χ4v) is 2.47. The van der Waals surface area contributed by atoms with Crippen LogP contribution in [0, 0.1) is 11.3 Å². The Kier molecular flexibility index (Phi) is 5.66. The van der Waals surface area contributed by atoms with Gasteiger partial charge in [-0.05, 0) is 36.2 Å². The molecule has 0 aliphatic heterocycles.